The first-order chi connectivity index (χ1) is 8.77. The molecule has 18 heavy (non-hydrogen) atoms. The Morgan fingerprint density at radius 1 is 1.11 bits per heavy atom. The summed E-state index contributed by atoms with van der Waals surface area (Å²) in [6.45, 7) is 1.93. The van der Waals surface area contributed by atoms with E-state index in [4.69, 9.17) is 0 Å². The molecule has 2 aromatic rings. The van der Waals surface area contributed by atoms with Gasteiger partial charge in [-0.2, -0.15) is 0 Å². The molecule has 0 radical (unpaired) electrons. The van der Waals surface area contributed by atoms with Crippen molar-refractivity contribution in [3.05, 3.63) is 65.5 Å². The summed E-state index contributed by atoms with van der Waals surface area (Å²) in [4.78, 5) is 16.1. The zero-order chi connectivity index (χ0) is 12.8. The van der Waals surface area contributed by atoms with Crippen molar-refractivity contribution in [3.8, 4) is 0 Å². The number of benzene rings is 1. The van der Waals surface area contributed by atoms with Crippen LogP contribution in [0.4, 0.5) is 0 Å². The van der Waals surface area contributed by atoms with E-state index in [1.807, 2.05) is 37.3 Å². The van der Waals surface area contributed by atoms with Crippen LogP contribution in [0.1, 0.15) is 34.5 Å². The minimum atomic E-state index is 0.143. The maximum absolute atomic E-state index is 12.0. The Bertz CT molecular complexity index is 520. The van der Waals surface area contributed by atoms with Gasteiger partial charge in [0, 0.05) is 12.6 Å². The molecule has 0 spiro atoms. The molecule has 0 aliphatic heterocycles. The molecule has 0 amide bonds. The highest BCUT2D eigenvalue weighted by Gasteiger charge is 2.09. The molecule has 0 saturated carbocycles. The van der Waals surface area contributed by atoms with Crippen molar-refractivity contribution in [2.75, 3.05) is 0 Å². The van der Waals surface area contributed by atoms with Gasteiger partial charge in [0.15, 0.2) is 5.78 Å². The molecule has 0 atom stereocenters. The SMILES string of the molecule is Cc1cccnc1C(=O)CCCc1ccccc1. The summed E-state index contributed by atoms with van der Waals surface area (Å²) < 4.78 is 0. The van der Waals surface area contributed by atoms with Crippen LogP contribution in [0.5, 0.6) is 0 Å². The fourth-order valence-corrected chi connectivity index (χ4v) is 1.99. The lowest BCUT2D eigenvalue weighted by Crippen LogP contribution is -2.05. The van der Waals surface area contributed by atoms with E-state index in [-0.39, 0.29) is 5.78 Å². The quantitative estimate of drug-likeness (QED) is 0.746. The molecule has 2 rings (SSSR count). The molecule has 0 fully saturated rings. The van der Waals surface area contributed by atoms with Gasteiger partial charge in [-0.1, -0.05) is 36.4 Å². The molecule has 0 saturated heterocycles. The molecule has 0 bridgehead atoms. The van der Waals surface area contributed by atoms with Crippen molar-refractivity contribution in [1.29, 1.82) is 0 Å². The summed E-state index contributed by atoms with van der Waals surface area (Å²) in [5, 5.41) is 0. The lowest BCUT2D eigenvalue weighted by atomic mass is 10.0. The second kappa shape index (κ2) is 6.10. The minimum absolute atomic E-state index is 0.143. The Balaban J connectivity index is 1.88. The number of pyridine rings is 1. The summed E-state index contributed by atoms with van der Waals surface area (Å²) in [6, 6.07) is 14.0. The van der Waals surface area contributed by atoms with E-state index in [2.05, 4.69) is 17.1 Å². The fourth-order valence-electron chi connectivity index (χ4n) is 1.99. The largest absolute Gasteiger partial charge is 0.292 e. The van der Waals surface area contributed by atoms with Crippen LogP contribution in [0.3, 0.4) is 0 Å². The third-order valence-electron chi connectivity index (χ3n) is 2.99. The van der Waals surface area contributed by atoms with E-state index < -0.39 is 0 Å². The molecule has 2 heteroatoms. The van der Waals surface area contributed by atoms with Gasteiger partial charge in [0.05, 0.1) is 0 Å². The van der Waals surface area contributed by atoms with Crippen LogP contribution in [-0.4, -0.2) is 10.8 Å². The van der Waals surface area contributed by atoms with Crippen molar-refractivity contribution in [2.45, 2.75) is 26.2 Å². The van der Waals surface area contributed by atoms with Gasteiger partial charge in [0.1, 0.15) is 5.69 Å². The zero-order valence-electron chi connectivity index (χ0n) is 10.6. The van der Waals surface area contributed by atoms with Gasteiger partial charge in [-0.3, -0.25) is 9.78 Å². The second-order valence-electron chi connectivity index (χ2n) is 4.43. The van der Waals surface area contributed by atoms with Crippen LogP contribution in [-0.2, 0) is 6.42 Å². The number of rotatable bonds is 5. The van der Waals surface area contributed by atoms with E-state index in [9.17, 15) is 4.79 Å². The van der Waals surface area contributed by atoms with Crippen molar-refractivity contribution in [1.82, 2.24) is 4.98 Å². The van der Waals surface area contributed by atoms with E-state index in [0.717, 1.165) is 18.4 Å². The number of hydrogen-bond donors (Lipinski definition) is 0. The Labute approximate surface area is 108 Å². The summed E-state index contributed by atoms with van der Waals surface area (Å²) >= 11 is 0. The minimum Gasteiger partial charge on any atom is -0.292 e. The fraction of sp³-hybridized carbons (Fsp3) is 0.250. The van der Waals surface area contributed by atoms with Crippen LogP contribution in [0.25, 0.3) is 0 Å². The van der Waals surface area contributed by atoms with Crippen LogP contribution in [0.2, 0.25) is 0 Å². The normalized spacial score (nSPS) is 10.3. The highest BCUT2D eigenvalue weighted by atomic mass is 16.1. The number of aromatic nitrogens is 1. The topological polar surface area (TPSA) is 30.0 Å². The maximum atomic E-state index is 12.0. The van der Waals surface area contributed by atoms with Gasteiger partial charge in [0.2, 0.25) is 0 Å². The molecular weight excluding hydrogens is 222 g/mol. The Kier molecular flexibility index (Phi) is 4.24. The van der Waals surface area contributed by atoms with Crippen molar-refractivity contribution >= 4 is 5.78 Å². The van der Waals surface area contributed by atoms with Gasteiger partial charge in [0.25, 0.3) is 0 Å². The highest BCUT2D eigenvalue weighted by molar-refractivity contribution is 5.95. The van der Waals surface area contributed by atoms with E-state index in [1.165, 1.54) is 5.56 Å². The lowest BCUT2D eigenvalue weighted by Gasteiger charge is -2.03. The monoisotopic (exact) mass is 239 g/mol. The molecule has 0 N–H and O–H groups in total. The number of carbonyl (C=O) groups excluding carboxylic acids is 1. The number of aryl methyl sites for hydroxylation is 2. The van der Waals surface area contributed by atoms with Crippen molar-refractivity contribution in [3.63, 3.8) is 0 Å². The van der Waals surface area contributed by atoms with Gasteiger partial charge >= 0.3 is 0 Å². The molecule has 0 aliphatic carbocycles. The van der Waals surface area contributed by atoms with Crippen LogP contribution < -0.4 is 0 Å². The average molecular weight is 239 g/mol. The Hall–Kier alpha value is -1.96. The van der Waals surface area contributed by atoms with E-state index in [1.54, 1.807) is 6.20 Å². The number of carbonyl (C=O) groups is 1. The molecule has 2 nitrogen and oxygen atoms in total. The molecule has 92 valence electrons. The predicted molar refractivity (Wildman–Crippen MR) is 72.7 cm³/mol. The Morgan fingerprint density at radius 3 is 2.61 bits per heavy atom. The first-order valence-corrected chi connectivity index (χ1v) is 6.26. The molecule has 0 unspecified atom stereocenters. The van der Waals surface area contributed by atoms with Gasteiger partial charge in [-0.05, 0) is 37.0 Å². The van der Waals surface area contributed by atoms with Crippen LogP contribution in [0.15, 0.2) is 48.7 Å². The van der Waals surface area contributed by atoms with Gasteiger partial charge in [-0.15, -0.1) is 0 Å². The zero-order valence-corrected chi connectivity index (χ0v) is 10.6. The standard InChI is InChI=1S/C16H17NO/c1-13-7-6-12-17-16(13)15(18)11-5-10-14-8-3-2-4-9-14/h2-4,6-9,12H,5,10-11H2,1H3. The van der Waals surface area contributed by atoms with E-state index >= 15 is 0 Å². The molecular formula is C16H17NO. The van der Waals surface area contributed by atoms with Gasteiger partial charge in [-0.25, -0.2) is 0 Å². The average Bonchev–Trinajstić information content (AvgIpc) is 2.40. The number of hydrogen-bond acceptors (Lipinski definition) is 2. The highest BCUT2D eigenvalue weighted by Crippen LogP contribution is 2.10. The van der Waals surface area contributed by atoms with Gasteiger partial charge < -0.3 is 0 Å². The Morgan fingerprint density at radius 2 is 1.89 bits per heavy atom. The van der Waals surface area contributed by atoms with Crippen LogP contribution >= 0.6 is 0 Å². The molecule has 1 heterocycles. The smallest absolute Gasteiger partial charge is 0.181 e. The maximum Gasteiger partial charge on any atom is 0.181 e. The first kappa shape index (κ1) is 12.5. The second-order valence-corrected chi connectivity index (χ2v) is 4.43. The lowest BCUT2D eigenvalue weighted by molar-refractivity contribution is 0.0975. The molecule has 1 aromatic heterocycles. The van der Waals surface area contributed by atoms with Crippen LogP contribution in [0, 0.1) is 6.92 Å². The molecule has 1 aromatic carbocycles. The predicted octanol–water partition coefficient (Wildman–Crippen LogP) is 3.60. The number of Topliss-reactive ketones (excluding diaryl/α,β-unsaturated/α-hetero) is 1. The van der Waals surface area contributed by atoms with Crippen molar-refractivity contribution in [2.24, 2.45) is 0 Å². The number of nitrogens with zero attached hydrogens (tertiary/aromatic N) is 1. The summed E-state index contributed by atoms with van der Waals surface area (Å²) in [7, 11) is 0. The number of ketones is 1. The first-order valence-electron chi connectivity index (χ1n) is 6.26. The van der Waals surface area contributed by atoms with Crippen molar-refractivity contribution < 1.29 is 4.79 Å². The van der Waals surface area contributed by atoms with E-state index in [0.29, 0.717) is 12.1 Å². The third kappa shape index (κ3) is 3.27. The summed E-state index contributed by atoms with van der Waals surface area (Å²) in [5.41, 5.74) is 2.86. The summed E-state index contributed by atoms with van der Waals surface area (Å²) in [5.74, 6) is 0.143. The summed E-state index contributed by atoms with van der Waals surface area (Å²) in [6.07, 6.45) is 4.06. The molecule has 0 aliphatic rings. The third-order valence-corrected chi connectivity index (χ3v) is 2.99.